The fourth-order valence-electron chi connectivity index (χ4n) is 5.57. The van der Waals surface area contributed by atoms with Crippen molar-refractivity contribution in [1.82, 2.24) is 19.7 Å². The van der Waals surface area contributed by atoms with Crippen LogP contribution < -0.4 is 10.2 Å². The number of rotatable bonds is 7. The van der Waals surface area contributed by atoms with Gasteiger partial charge in [0, 0.05) is 37.6 Å². The van der Waals surface area contributed by atoms with Gasteiger partial charge in [0.2, 0.25) is 5.91 Å². The van der Waals surface area contributed by atoms with Crippen LogP contribution in [-0.4, -0.2) is 66.0 Å². The van der Waals surface area contributed by atoms with E-state index in [1.165, 1.54) is 10.9 Å². The standard InChI is InChI=1S/C27H33N5O2/c1-4-30(5-2)17-15-28-24(33)18-32-23-13-9-6-10-19(23)20-14-16-31-26(25(20)32)29(3)22-12-8-7-11-21(22)27(31)34/h6-13,26H,4-5,14-18H2,1-3H3,(H,28,33). The van der Waals surface area contributed by atoms with Gasteiger partial charge in [0.1, 0.15) is 12.7 Å². The van der Waals surface area contributed by atoms with Crippen LogP contribution in [0.25, 0.3) is 10.9 Å². The molecule has 2 amide bonds. The van der Waals surface area contributed by atoms with E-state index < -0.39 is 0 Å². The average Bonchev–Trinajstić information content (AvgIpc) is 3.18. The number of hydrogen-bond acceptors (Lipinski definition) is 4. The molecule has 0 bridgehead atoms. The Morgan fingerprint density at radius 3 is 2.62 bits per heavy atom. The molecule has 1 aromatic heterocycles. The predicted molar refractivity (Wildman–Crippen MR) is 135 cm³/mol. The molecule has 34 heavy (non-hydrogen) atoms. The summed E-state index contributed by atoms with van der Waals surface area (Å²) in [5.74, 6) is 0.0582. The van der Waals surface area contributed by atoms with Gasteiger partial charge in [0.05, 0.1) is 16.9 Å². The Balaban J connectivity index is 1.52. The minimum atomic E-state index is -0.234. The number of aromatic nitrogens is 1. The van der Waals surface area contributed by atoms with Crippen LogP contribution in [0.4, 0.5) is 5.69 Å². The lowest BCUT2D eigenvalue weighted by Gasteiger charge is -2.46. The fraction of sp³-hybridized carbons (Fsp3) is 0.407. The number of amides is 2. The normalized spacial score (nSPS) is 17.1. The first-order chi connectivity index (χ1) is 16.5. The molecule has 1 unspecified atom stereocenters. The van der Waals surface area contributed by atoms with Crippen molar-refractivity contribution in [3.63, 3.8) is 0 Å². The summed E-state index contributed by atoms with van der Waals surface area (Å²) in [6.45, 7) is 8.59. The summed E-state index contributed by atoms with van der Waals surface area (Å²) in [5.41, 5.74) is 5.01. The number of fused-ring (bicyclic) bond motifs is 6. The molecule has 0 saturated carbocycles. The van der Waals surface area contributed by atoms with Crippen molar-refractivity contribution in [2.45, 2.75) is 33.0 Å². The van der Waals surface area contributed by atoms with Crippen molar-refractivity contribution in [1.29, 1.82) is 0 Å². The molecular formula is C27H33N5O2. The summed E-state index contributed by atoms with van der Waals surface area (Å²) in [6.07, 6.45) is 0.548. The fourth-order valence-corrected chi connectivity index (χ4v) is 5.57. The van der Waals surface area contributed by atoms with Crippen molar-refractivity contribution in [3.8, 4) is 0 Å². The van der Waals surface area contributed by atoms with Crippen molar-refractivity contribution in [2.75, 3.05) is 44.7 Å². The van der Waals surface area contributed by atoms with Crippen LogP contribution >= 0.6 is 0 Å². The summed E-state index contributed by atoms with van der Waals surface area (Å²) in [6, 6.07) is 16.1. The largest absolute Gasteiger partial charge is 0.353 e. The molecule has 0 fully saturated rings. The molecule has 1 N–H and O–H groups in total. The molecule has 0 spiro atoms. The second-order valence-electron chi connectivity index (χ2n) is 9.09. The van der Waals surface area contributed by atoms with Gasteiger partial charge >= 0.3 is 0 Å². The minimum absolute atomic E-state index is 0.00183. The molecule has 0 aliphatic carbocycles. The minimum Gasteiger partial charge on any atom is -0.353 e. The Morgan fingerprint density at radius 1 is 1.09 bits per heavy atom. The first-order valence-electron chi connectivity index (χ1n) is 12.3. The highest BCUT2D eigenvalue weighted by molar-refractivity contribution is 6.02. The van der Waals surface area contributed by atoms with Gasteiger partial charge < -0.3 is 24.6 Å². The van der Waals surface area contributed by atoms with Crippen molar-refractivity contribution < 1.29 is 9.59 Å². The van der Waals surface area contributed by atoms with Gasteiger partial charge in [-0.15, -0.1) is 0 Å². The van der Waals surface area contributed by atoms with Crippen LogP contribution in [0, 0.1) is 0 Å². The molecular weight excluding hydrogens is 426 g/mol. The number of benzene rings is 2. The third kappa shape index (κ3) is 3.64. The van der Waals surface area contributed by atoms with E-state index >= 15 is 0 Å². The van der Waals surface area contributed by atoms with Gasteiger partial charge in [-0.1, -0.05) is 44.2 Å². The summed E-state index contributed by atoms with van der Waals surface area (Å²) in [5, 5.41) is 4.28. The molecule has 3 aromatic rings. The van der Waals surface area contributed by atoms with Gasteiger partial charge in [-0.25, -0.2) is 0 Å². The first-order valence-corrected chi connectivity index (χ1v) is 12.3. The van der Waals surface area contributed by atoms with Crippen LogP contribution in [0.5, 0.6) is 0 Å². The monoisotopic (exact) mass is 459 g/mol. The Kier molecular flexibility index (Phi) is 6.04. The van der Waals surface area contributed by atoms with E-state index in [0.29, 0.717) is 13.1 Å². The van der Waals surface area contributed by atoms with E-state index in [1.807, 2.05) is 42.3 Å². The quantitative estimate of drug-likeness (QED) is 0.589. The summed E-state index contributed by atoms with van der Waals surface area (Å²) >= 11 is 0. The highest BCUT2D eigenvalue weighted by atomic mass is 16.2. The maximum absolute atomic E-state index is 13.4. The first kappa shape index (κ1) is 22.5. The van der Waals surface area contributed by atoms with Gasteiger partial charge in [0.25, 0.3) is 5.91 Å². The van der Waals surface area contributed by atoms with E-state index in [-0.39, 0.29) is 24.5 Å². The molecule has 0 saturated heterocycles. The zero-order chi connectivity index (χ0) is 23.8. The lowest BCUT2D eigenvalue weighted by atomic mass is 9.96. The van der Waals surface area contributed by atoms with Crippen LogP contribution in [-0.2, 0) is 17.8 Å². The second kappa shape index (κ2) is 9.14. The van der Waals surface area contributed by atoms with Crippen LogP contribution in [0.1, 0.15) is 41.6 Å². The Hall–Kier alpha value is -3.32. The number of hydrogen-bond donors (Lipinski definition) is 1. The molecule has 5 rings (SSSR count). The summed E-state index contributed by atoms with van der Waals surface area (Å²) in [4.78, 5) is 32.9. The number of carbonyl (C=O) groups is 2. The third-order valence-electron chi connectivity index (χ3n) is 7.35. The maximum Gasteiger partial charge on any atom is 0.257 e. The smallest absolute Gasteiger partial charge is 0.257 e. The molecule has 2 aliphatic heterocycles. The summed E-state index contributed by atoms with van der Waals surface area (Å²) < 4.78 is 2.13. The lowest BCUT2D eigenvalue weighted by molar-refractivity contribution is -0.121. The lowest BCUT2D eigenvalue weighted by Crippen LogP contribution is -2.51. The van der Waals surface area contributed by atoms with E-state index in [1.54, 1.807) is 0 Å². The maximum atomic E-state index is 13.4. The Labute approximate surface area is 200 Å². The topological polar surface area (TPSA) is 60.8 Å². The van der Waals surface area contributed by atoms with Gasteiger partial charge in [0.15, 0.2) is 0 Å². The van der Waals surface area contributed by atoms with E-state index in [2.05, 4.69) is 51.7 Å². The van der Waals surface area contributed by atoms with Crippen molar-refractivity contribution in [3.05, 3.63) is 65.4 Å². The molecule has 7 heteroatoms. The third-order valence-corrected chi connectivity index (χ3v) is 7.35. The van der Waals surface area contributed by atoms with Crippen LogP contribution in [0.2, 0.25) is 0 Å². The van der Waals surface area contributed by atoms with Crippen molar-refractivity contribution >= 4 is 28.4 Å². The van der Waals surface area contributed by atoms with Gasteiger partial charge in [-0.05, 0) is 43.3 Å². The van der Waals surface area contributed by atoms with E-state index in [0.717, 1.165) is 48.5 Å². The summed E-state index contributed by atoms with van der Waals surface area (Å²) in [7, 11) is 2.05. The Bertz CT molecular complexity index is 1230. The number of anilines is 1. The average molecular weight is 460 g/mol. The van der Waals surface area contributed by atoms with Crippen LogP contribution in [0.3, 0.4) is 0 Å². The highest BCUT2D eigenvalue weighted by Crippen LogP contribution is 2.44. The van der Waals surface area contributed by atoms with Gasteiger partial charge in [-0.3, -0.25) is 9.59 Å². The number of carbonyl (C=O) groups excluding carboxylic acids is 2. The SMILES string of the molecule is CCN(CC)CCNC(=O)Cn1c2c(c3ccccc31)CCN1C(=O)c3ccccc3N(C)C21. The van der Waals surface area contributed by atoms with Crippen LogP contribution in [0.15, 0.2) is 48.5 Å². The molecule has 2 aliphatic rings. The Morgan fingerprint density at radius 2 is 1.82 bits per heavy atom. The van der Waals surface area contributed by atoms with Crippen molar-refractivity contribution in [2.24, 2.45) is 0 Å². The number of likely N-dealkylation sites (N-methyl/N-ethyl adjacent to an activating group) is 1. The van der Waals surface area contributed by atoms with E-state index in [4.69, 9.17) is 0 Å². The van der Waals surface area contributed by atoms with Gasteiger partial charge in [-0.2, -0.15) is 0 Å². The number of nitrogens with zero attached hydrogens (tertiary/aromatic N) is 4. The second-order valence-corrected chi connectivity index (χ2v) is 9.09. The zero-order valence-corrected chi connectivity index (χ0v) is 20.3. The molecule has 7 nitrogen and oxygen atoms in total. The molecule has 178 valence electrons. The molecule has 2 aromatic carbocycles. The molecule has 1 atom stereocenters. The zero-order valence-electron chi connectivity index (χ0n) is 20.3. The van der Waals surface area contributed by atoms with E-state index in [9.17, 15) is 9.59 Å². The molecule has 0 radical (unpaired) electrons. The predicted octanol–water partition coefficient (Wildman–Crippen LogP) is 3.25. The molecule has 3 heterocycles. The highest BCUT2D eigenvalue weighted by Gasteiger charge is 2.42. The number of para-hydroxylation sites is 2. The number of nitrogens with one attached hydrogen (secondary N) is 1.